The maximum absolute atomic E-state index is 11.9. The fraction of sp³-hybridized carbons (Fsp3) is 0.105. The second kappa shape index (κ2) is 7.45. The number of carbonyl (C=O) groups is 1. The molecular weight excluding hydrogens is 352 g/mol. The summed E-state index contributed by atoms with van der Waals surface area (Å²) >= 11 is 1.19. The van der Waals surface area contributed by atoms with Crippen LogP contribution in [0.1, 0.15) is 5.89 Å². The van der Waals surface area contributed by atoms with Crippen LogP contribution < -0.4 is 0 Å². The minimum absolute atomic E-state index is 0.0141. The van der Waals surface area contributed by atoms with E-state index in [1.165, 1.54) is 11.8 Å². The number of thioether (sulfide) groups is 1. The highest BCUT2D eigenvalue weighted by Crippen LogP contribution is 2.23. The second-order valence-electron chi connectivity index (χ2n) is 5.38. The zero-order valence-corrected chi connectivity index (χ0v) is 14.4. The molecule has 0 aliphatic heterocycles. The summed E-state index contributed by atoms with van der Waals surface area (Å²) < 4.78 is 16.3. The monoisotopic (exact) mass is 366 g/mol. The fourth-order valence-electron chi connectivity index (χ4n) is 2.33. The van der Waals surface area contributed by atoms with Crippen molar-refractivity contribution in [2.75, 3.05) is 5.75 Å². The Labute approximate surface area is 153 Å². The van der Waals surface area contributed by atoms with Gasteiger partial charge in [-0.3, -0.25) is 4.79 Å². The highest BCUT2D eigenvalue weighted by Gasteiger charge is 2.12. The van der Waals surface area contributed by atoms with Crippen LogP contribution in [0.5, 0.6) is 0 Å². The molecule has 0 saturated carbocycles. The van der Waals surface area contributed by atoms with E-state index in [0.29, 0.717) is 22.5 Å². The largest absolute Gasteiger partial charge is 0.455 e. The van der Waals surface area contributed by atoms with Crippen LogP contribution in [0.15, 0.2) is 74.9 Å². The van der Waals surface area contributed by atoms with Gasteiger partial charge in [0.1, 0.15) is 11.3 Å². The Hall–Kier alpha value is -3.06. The number of para-hydroxylation sites is 2. The van der Waals surface area contributed by atoms with E-state index < -0.39 is 5.97 Å². The van der Waals surface area contributed by atoms with E-state index in [1.807, 2.05) is 54.6 Å². The molecule has 26 heavy (non-hydrogen) atoms. The Kier molecular flexibility index (Phi) is 4.70. The molecule has 0 radical (unpaired) electrons. The Morgan fingerprint density at radius 1 is 1.04 bits per heavy atom. The van der Waals surface area contributed by atoms with Crippen LogP contribution in [0.3, 0.4) is 0 Å². The number of ether oxygens (including phenoxy) is 1. The second-order valence-corrected chi connectivity index (χ2v) is 6.31. The van der Waals surface area contributed by atoms with Gasteiger partial charge >= 0.3 is 5.97 Å². The molecule has 0 saturated heterocycles. The molecule has 0 fully saturated rings. The highest BCUT2D eigenvalue weighted by atomic mass is 32.2. The third-order valence-electron chi connectivity index (χ3n) is 3.56. The summed E-state index contributed by atoms with van der Waals surface area (Å²) in [5, 5.41) is 0.436. The number of oxazole rings is 2. The van der Waals surface area contributed by atoms with Gasteiger partial charge in [-0.2, -0.15) is 0 Å². The first-order valence-electron chi connectivity index (χ1n) is 7.92. The third kappa shape index (κ3) is 3.78. The van der Waals surface area contributed by atoms with Crippen LogP contribution >= 0.6 is 11.8 Å². The zero-order valence-electron chi connectivity index (χ0n) is 13.6. The number of nitrogens with zero attached hydrogens (tertiary/aromatic N) is 2. The normalized spacial score (nSPS) is 10.9. The number of hydrogen-bond donors (Lipinski definition) is 0. The van der Waals surface area contributed by atoms with Crippen molar-refractivity contribution < 1.29 is 18.4 Å². The number of hydrogen-bond acceptors (Lipinski definition) is 7. The molecule has 2 heterocycles. The van der Waals surface area contributed by atoms with Gasteiger partial charge in [-0.15, -0.1) is 0 Å². The summed E-state index contributed by atoms with van der Waals surface area (Å²) in [6, 6.07) is 17.1. The van der Waals surface area contributed by atoms with Gasteiger partial charge in [-0.05, 0) is 12.1 Å². The van der Waals surface area contributed by atoms with Crippen molar-refractivity contribution >= 4 is 28.8 Å². The Bertz CT molecular complexity index is 993. The van der Waals surface area contributed by atoms with Crippen molar-refractivity contribution in [1.29, 1.82) is 0 Å². The van der Waals surface area contributed by atoms with Gasteiger partial charge in [-0.25, -0.2) is 9.97 Å². The summed E-state index contributed by atoms with van der Waals surface area (Å²) in [6.07, 6.45) is 1.62. The van der Waals surface area contributed by atoms with Gasteiger partial charge in [0.2, 0.25) is 5.89 Å². The van der Waals surface area contributed by atoms with Gasteiger partial charge in [0.25, 0.3) is 5.22 Å². The van der Waals surface area contributed by atoms with Crippen molar-refractivity contribution in [2.24, 2.45) is 0 Å². The lowest BCUT2D eigenvalue weighted by molar-refractivity contribution is -0.142. The van der Waals surface area contributed by atoms with E-state index in [0.717, 1.165) is 11.1 Å². The average Bonchev–Trinajstić information content (AvgIpc) is 3.32. The lowest BCUT2D eigenvalue weighted by Crippen LogP contribution is -2.07. The first-order chi connectivity index (χ1) is 12.8. The summed E-state index contributed by atoms with van der Waals surface area (Å²) in [4.78, 5) is 20.3. The van der Waals surface area contributed by atoms with E-state index in [4.69, 9.17) is 13.6 Å². The third-order valence-corrected chi connectivity index (χ3v) is 4.36. The van der Waals surface area contributed by atoms with Gasteiger partial charge in [-0.1, -0.05) is 54.2 Å². The molecule has 7 heteroatoms. The first kappa shape index (κ1) is 16.4. The lowest BCUT2D eigenvalue weighted by atomic mass is 10.2. The minimum Gasteiger partial charge on any atom is -0.455 e. The van der Waals surface area contributed by atoms with Crippen LogP contribution in [0.4, 0.5) is 0 Å². The SMILES string of the molecule is O=C(CSc1nc2ccccc2o1)OCc1ncc(-c2ccccc2)o1. The van der Waals surface area contributed by atoms with E-state index in [2.05, 4.69) is 9.97 Å². The molecule has 2 aromatic heterocycles. The molecule has 0 atom stereocenters. The van der Waals surface area contributed by atoms with Crippen molar-refractivity contribution in [1.82, 2.24) is 9.97 Å². The predicted molar refractivity (Wildman–Crippen MR) is 96.5 cm³/mol. The number of fused-ring (bicyclic) bond motifs is 1. The van der Waals surface area contributed by atoms with Crippen molar-refractivity contribution in [3.05, 3.63) is 66.7 Å². The molecule has 0 aliphatic rings. The number of benzene rings is 2. The zero-order chi connectivity index (χ0) is 17.8. The van der Waals surface area contributed by atoms with E-state index >= 15 is 0 Å². The van der Waals surface area contributed by atoms with Crippen LogP contribution in [-0.4, -0.2) is 21.7 Å². The molecular formula is C19H14N2O4S. The van der Waals surface area contributed by atoms with Crippen molar-refractivity contribution in [3.8, 4) is 11.3 Å². The van der Waals surface area contributed by atoms with Gasteiger partial charge in [0.05, 0.1) is 6.20 Å². The molecule has 2 aromatic carbocycles. The first-order valence-corrected chi connectivity index (χ1v) is 8.90. The summed E-state index contributed by atoms with van der Waals surface area (Å²) in [5.74, 6) is 0.692. The quantitative estimate of drug-likeness (QED) is 0.371. The molecule has 4 rings (SSSR count). The maximum Gasteiger partial charge on any atom is 0.316 e. The summed E-state index contributed by atoms with van der Waals surface area (Å²) in [5.41, 5.74) is 2.37. The number of esters is 1. The van der Waals surface area contributed by atoms with Crippen LogP contribution in [0, 0.1) is 0 Å². The van der Waals surface area contributed by atoms with Crippen LogP contribution in [-0.2, 0) is 16.1 Å². The molecule has 0 N–H and O–H groups in total. The van der Waals surface area contributed by atoms with E-state index in [1.54, 1.807) is 6.20 Å². The molecule has 0 spiro atoms. The molecule has 0 amide bonds. The van der Waals surface area contributed by atoms with Crippen LogP contribution in [0.2, 0.25) is 0 Å². The molecule has 0 unspecified atom stereocenters. The Balaban J connectivity index is 1.29. The van der Waals surface area contributed by atoms with E-state index in [9.17, 15) is 4.79 Å². The standard InChI is InChI=1S/C19H14N2O4S/c22-18(12-26-19-21-14-8-4-5-9-15(14)25-19)23-11-17-20-10-16(24-17)13-6-2-1-3-7-13/h1-10H,11-12H2. The maximum atomic E-state index is 11.9. The fourth-order valence-corrected chi connectivity index (χ4v) is 2.97. The molecule has 0 bridgehead atoms. The minimum atomic E-state index is -0.392. The molecule has 0 aliphatic carbocycles. The number of aromatic nitrogens is 2. The van der Waals surface area contributed by atoms with Crippen molar-refractivity contribution in [2.45, 2.75) is 11.8 Å². The Morgan fingerprint density at radius 3 is 2.69 bits per heavy atom. The molecule has 6 nitrogen and oxygen atoms in total. The highest BCUT2D eigenvalue weighted by molar-refractivity contribution is 7.99. The van der Waals surface area contributed by atoms with Crippen LogP contribution in [0.25, 0.3) is 22.4 Å². The summed E-state index contributed by atoms with van der Waals surface area (Å²) in [7, 11) is 0. The van der Waals surface area contributed by atoms with Gasteiger partial charge in [0.15, 0.2) is 18.0 Å². The van der Waals surface area contributed by atoms with E-state index in [-0.39, 0.29) is 12.4 Å². The predicted octanol–water partition coefficient (Wildman–Crippen LogP) is 4.32. The molecule has 130 valence electrons. The van der Waals surface area contributed by atoms with Gasteiger partial charge < -0.3 is 13.6 Å². The average molecular weight is 366 g/mol. The van der Waals surface area contributed by atoms with Gasteiger partial charge in [0, 0.05) is 5.56 Å². The number of rotatable bonds is 6. The summed E-state index contributed by atoms with van der Waals surface area (Å²) in [6.45, 7) is -0.0141. The lowest BCUT2D eigenvalue weighted by Gasteiger charge is -2.00. The Morgan fingerprint density at radius 2 is 1.85 bits per heavy atom. The number of carbonyl (C=O) groups excluding carboxylic acids is 1. The molecule has 4 aromatic rings. The smallest absolute Gasteiger partial charge is 0.316 e. The topological polar surface area (TPSA) is 78.4 Å². The van der Waals surface area contributed by atoms with Crippen molar-refractivity contribution in [3.63, 3.8) is 0 Å².